The Bertz CT molecular complexity index is 347. The van der Waals surface area contributed by atoms with Crippen molar-refractivity contribution in [1.29, 1.82) is 0 Å². The standard InChI is InChI=1S/C12H19N3/c1-9-6-10(2)8-11(7-9)14-12(13-3)15(4)5/h6-8H,1-5H3,(H,13,14). The molecule has 0 spiro atoms. The van der Waals surface area contributed by atoms with Gasteiger partial charge < -0.3 is 10.2 Å². The second-order valence-electron chi connectivity index (χ2n) is 3.94. The number of rotatable bonds is 1. The van der Waals surface area contributed by atoms with Crippen LogP contribution in [0.1, 0.15) is 11.1 Å². The van der Waals surface area contributed by atoms with Gasteiger partial charge in [-0.1, -0.05) is 6.07 Å². The number of nitrogens with one attached hydrogen (secondary N) is 1. The number of nitrogens with zero attached hydrogens (tertiary/aromatic N) is 2. The normalized spacial score (nSPS) is 11.4. The number of hydrogen-bond donors (Lipinski definition) is 1. The molecule has 1 aromatic carbocycles. The zero-order chi connectivity index (χ0) is 11.4. The molecule has 0 saturated heterocycles. The maximum absolute atomic E-state index is 4.17. The summed E-state index contributed by atoms with van der Waals surface area (Å²) in [6, 6.07) is 6.38. The molecule has 15 heavy (non-hydrogen) atoms. The average molecular weight is 205 g/mol. The van der Waals surface area contributed by atoms with Gasteiger partial charge in [0.2, 0.25) is 0 Å². The Morgan fingerprint density at radius 3 is 2.07 bits per heavy atom. The highest BCUT2D eigenvalue weighted by molar-refractivity contribution is 5.93. The van der Waals surface area contributed by atoms with Gasteiger partial charge in [-0.15, -0.1) is 0 Å². The quantitative estimate of drug-likeness (QED) is 0.562. The zero-order valence-electron chi connectivity index (χ0n) is 10.1. The Balaban J connectivity index is 2.89. The first-order valence-electron chi connectivity index (χ1n) is 5.02. The summed E-state index contributed by atoms with van der Waals surface area (Å²) in [6.07, 6.45) is 0. The summed E-state index contributed by atoms with van der Waals surface area (Å²) in [5.41, 5.74) is 3.60. The van der Waals surface area contributed by atoms with Crippen molar-refractivity contribution in [2.45, 2.75) is 13.8 Å². The van der Waals surface area contributed by atoms with Crippen molar-refractivity contribution >= 4 is 11.6 Å². The highest BCUT2D eigenvalue weighted by atomic mass is 15.3. The predicted molar refractivity (Wildman–Crippen MR) is 66.6 cm³/mol. The van der Waals surface area contributed by atoms with Crippen LogP contribution in [0.25, 0.3) is 0 Å². The van der Waals surface area contributed by atoms with Gasteiger partial charge in [0, 0.05) is 26.8 Å². The van der Waals surface area contributed by atoms with Gasteiger partial charge in [-0.2, -0.15) is 0 Å². The molecule has 0 aliphatic heterocycles. The van der Waals surface area contributed by atoms with Crippen LogP contribution in [0.15, 0.2) is 23.2 Å². The van der Waals surface area contributed by atoms with Crippen LogP contribution in [-0.2, 0) is 0 Å². The molecule has 0 aliphatic carbocycles. The molecule has 0 aromatic heterocycles. The summed E-state index contributed by atoms with van der Waals surface area (Å²) in [5.74, 6) is 0.861. The van der Waals surface area contributed by atoms with Gasteiger partial charge >= 0.3 is 0 Å². The lowest BCUT2D eigenvalue weighted by molar-refractivity contribution is 0.619. The average Bonchev–Trinajstić information content (AvgIpc) is 2.12. The fraction of sp³-hybridized carbons (Fsp3) is 0.417. The highest BCUT2D eigenvalue weighted by Crippen LogP contribution is 2.13. The molecule has 0 aliphatic rings. The molecule has 0 bridgehead atoms. The van der Waals surface area contributed by atoms with E-state index in [1.54, 1.807) is 7.05 Å². The van der Waals surface area contributed by atoms with E-state index in [1.807, 2.05) is 19.0 Å². The van der Waals surface area contributed by atoms with Crippen LogP contribution in [0.3, 0.4) is 0 Å². The van der Waals surface area contributed by atoms with Gasteiger partial charge in [-0.05, 0) is 37.1 Å². The molecule has 1 rings (SSSR count). The summed E-state index contributed by atoms with van der Waals surface area (Å²) in [6.45, 7) is 4.19. The summed E-state index contributed by atoms with van der Waals surface area (Å²) in [5, 5.41) is 3.29. The van der Waals surface area contributed by atoms with Gasteiger partial charge in [0.25, 0.3) is 0 Å². The molecule has 3 nitrogen and oxygen atoms in total. The van der Waals surface area contributed by atoms with E-state index in [1.165, 1.54) is 11.1 Å². The number of guanidine groups is 1. The molecule has 0 atom stereocenters. The van der Waals surface area contributed by atoms with E-state index in [0.29, 0.717) is 0 Å². The van der Waals surface area contributed by atoms with Crippen LogP contribution in [0.2, 0.25) is 0 Å². The second-order valence-corrected chi connectivity index (χ2v) is 3.94. The van der Waals surface area contributed by atoms with Crippen LogP contribution in [0.5, 0.6) is 0 Å². The maximum atomic E-state index is 4.17. The van der Waals surface area contributed by atoms with Gasteiger partial charge in [0.1, 0.15) is 0 Å². The molecule has 0 radical (unpaired) electrons. The van der Waals surface area contributed by atoms with E-state index in [2.05, 4.69) is 42.4 Å². The molecular weight excluding hydrogens is 186 g/mol. The number of hydrogen-bond acceptors (Lipinski definition) is 1. The first-order chi connectivity index (χ1) is 7.02. The third-order valence-corrected chi connectivity index (χ3v) is 2.11. The number of anilines is 1. The van der Waals surface area contributed by atoms with Crippen molar-refractivity contribution in [2.24, 2.45) is 4.99 Å². The molecule has 0 fully saturated rings. The zero-order valence-corrected chi connectivity index (χ0v) is 10.1. The Kier molecular flexibility index (Phi) is 3.72. The number of aliphatic imine (C=N–C) groups is 1. The van der Waals surface area contributed by atoms with Crippen LogP contribution in [-0.4, -0.2) is 32.0 Å². The van der Waals surface area contributed by atoms with E-state index in [0.717, 1.165) is 11.6 Å². The summed E-state index contributed by atoms with van der Waals surface area (Å²) >= 11 is 0. The third kappa shape index (κ3) is 3.27. The van der Waals surface area contributed by atoms with Crippen LogP contribution in [0, 0.1) is 13.8 Å². The van der Waals surface area contributed by atoms with Gasteiger partial charge in [-0.3, -0.25) is 4.99 Å². The Morgan fingerprint density at radius 1 is 1.13 bits per heavy atom. The molecular formula is C12H19N3. The summed E-state index contributed by atoms with van der Waals surface area (Å²) in [7, 11) is 5.72. The SMILES string of the molecule is CN=C(Nc1cc(C)cc(C)c1)N(C)C. The Morgan fingerprint density at radius 2 is 1.67 bits per heavy atom. The molecule has 82 valence electrons. The van der Waals surface area contributed by atoms with E-state index in [-0.39, 0.29) is 0 Å². The molecule has 1 aromatic rings. The van der Waals surface area contributed by atoms with Crippen LogP contribution >= 0.6 is 0 Å². The lowest BCUT2D eigenvalue weighted by Gasteiger charge is -2.17. The second kappa shape index (κ2) is 4.82. The van der Waals surface area contributed by atoms with Crippen molar-refractivity contribution < 1.29 is 0 Å². The van der Waals surface area contributed by atoms with E-state index in [4.69, 9.17) is 0 Å². The smallest absolute Gasteiger partial charge is 0.197 e. The van der Waals surface area contributed by atoms with Crippen molar-refractivity contribution in [3.05, 3.63) is 29.3 Å². The van der Waals surface area contributed by atoms with Crippen molar-refractivity contribution in [3.63, 3.8) is 0 Å². The monoisotopic (exact) mass is 205 g/mol. The minimum Gasteiger partial charge on any atom is -0.349 e. The third-order valence-electron chi connectivity index (χ3n) is 2.11. The van der Waals surface area contributed by atoms with Crippen LogP contribution < -0.4 is 5.32 Å². The minimum atomic E-state index is 0.861. The van der Waals surface area contributed by atoms with Crippen molar-refractivity contribution in [3.8, 4) is 0 Å². The first-order valence-corrected chi connectivity index (χ1v) is 5.02. The lowest BCUT2D eigenvalue weighted by atomic mass is 10.1. The fourth-order valence-electron chi connectivity index (χ4n) is 1.54. The first kappa shape index (κ1) is 11.6. The molecule has 0 saturated carbocycles. The molecule has 0 unspecified atom stereocenters. The summed E-state index contributed by atoms with van der Waals surface area (Å²) in [4.78, 5) is 6.13. The Hall–Kier alpha value is -1.51. The van der Waals surface area contributed by atoms with E-state index < -0.39 is 0 Å². The van der Waals surface area contributed by atoms with Gasteiger partial charge in [0.15, 0.2) is 5.96 Å². The fourth-order valence-corrected chi connectivity index (χ4v) is 1.54. The highest BCUT2D eigenvalue weighted by Gasteiger charge is 2.01. The largest absolute Gasteiger partial charge is 0.349 e. The van der Waals surface area contributed by atoms with E-state index >= 15 is 0 Å². The van der Waals surface area contributed by atoms with Crippen LogP contribution in [0.4, 0.5) is 5.69 Å². The number of benzene rings is 1. The van der Waals surface area contributed by atoms with Crippen molar-refractivity contribution in [1.82, 2.24) is 4.90 Å². The number of aryl methyl sites for hydroxylation is 2. The lowest BCUT2D eigenvalue weighted by Crippen LogP contribution is -2.29. The Labute approximate surface area is 91.8 Å². The van der Waals surface area contributed by atoms with Crippen molar-refractivity contribution in [2.75, 3.05) is 26.5 Å². The predicted octanol–water partition coefficient (Wildman–Crippen LogP) is 2.26. The molecule has 3 heteroatoms. The van der Waals surface area contributed by atoms with Gasteiger partial charge in [-0.25, -0.2) is 0 Å². The van der Waals surface area contributed by atoms with Gasteiger partial charge in [0.05, 0.1) is 0 Å². The molecule has 1 N–H and O–H groups in total. The minimum absolute atomic E-state index is 0.861. The molecule has 0 amide bonds. The topological polar surface area (TPSA) is 27.6 Å². The summed E-state index contributed by atoms with van der Waals surface area (Å²) < 4.78 is 0. The maximum Gasteiger partial charge on any atom is 0.197 e. The van der Waals surface area contributed by atoms with E-state index in [9.17, 15) is 0 Å². The molecule has 0 heterocycles.